The third kappa shape index (κ3) is 2.07. The molecule has 15 heavy (non-hydrogen) atoms. The maximum absolute atomic E-state index is 5.69. The zero-order chi connectivity index (χ0) is 10.7. The van der Waals surface area contributed by atoms with Crippen molar-refractivity contribution in [1.29, 1.82) is 0 Å². The van der Waals surface area contributed by atoms with Gasteiger partial charge in [0.25, 0.3) is 0 Å². The van der Waals surface area contributed by atoms with Gasteiger partial charge >= 0.3 is 0 Å². The van der Waals surface area contributed by atoms with Crippen molar-refractivity contribution < 1.29 is 4.74 Å². The molecule has 0 spiro atoms. The lowest BCUT2D eigenvalue weighted by molar-refractivity contribution is -0.0966. The highest BCUT2D eigenvalue weighted by molar-refractivity contribution is 7.09. The summed E-state index contributed by atoms with van der Waals surface area (Å²) in [6.45, 7) is 0. The van der Waals surface area contributed by atoms with E-state index in [-0.39, 0.29) is 5.60 Å². The minimum atomic E-state index is 0.0560. The molecule has 0 aromatic carbocycles. The molecule has 2 rings (SSSR count). The van der Waals surface area contributed by atoms with Gasteiger partial charge in [0.2, 0.25) is 0 Å². The van der Waals surface area contributed by atoms with Gasteiger partial charge in [-0.25, -0.2) is 4.98 Å². The quantitative estimate of drug-likeness (QED) is 0.832. The molecule has 1 fully saturated rings. The molecule has 1 saturated carbocycles. The lowest BCUT2D eigenvalue weighted by Gasteiger charge is -2.46. The van der Waals surface area contributed by atoms with E-state index in [4.69, 9.17) is 4.74 Å². The number of methoxy groups -OCH3 is 1. The first-order valence-corrected chi connectivity index (χ1v) is 6.29. The molecule has 0 bridgehead atoms. The molecule has 1 aromatic heterocycles. The van der Waals surface area contributed by atoms with E-state index in [1.165, 1.54) is 24.3 Å². The lowest BCUT2D eigenvalue weighted by atomic mass is 9.73. The first-order valence-electron chi connectivity index (χ1n) is 5.41. The van der Waals surface area contributed by atoms with Gasteiger partial charge in [-0.3, -0.25) is 0 Å². The summed E-state index contributed by atoms with van der Waals surface area (Å²) in [5.74, 6) is 0. The van der Waals surface area contributed by atoms with Crippen molar-refractivity contribution in [3.63, 3.8) is 0 Å². The molecule has 1 aliphatic rings. The number of hydrogen-bond donors (Lipinski definition) is 1. The highest BCUT2D eigenvalue weighted by atomic mass is 32.1. The summed E-state index contributed by atoms with van der Waals surface area (Å²) in [7, 11) is 3.84. The molecule has 0 saturated heterocycles. The second kappa shape index (κ2) is 4.60. The first kappa shape index (κ1) is 11.0. The Kier molecular flexibility index (Phi) is 3.38. The van der Waals surface area contributed by atoms with Gasteiger partial charge in [-0.05, 0) is 26.3 Å². The monoisotopic (exact) mass is 226 g/mol. The van der Waals surface area contributed by atoms with Crippen molar-refractivity contribution >= 4 is 11.3 Å². The van der Waals surface area contributed by atoms with Gasteiger partial charge < -0.3 is 10.1 Å². The van der Waals surface area contributed by atoms with Crippen LogP contribution in [0.25, 0.3) is 0 Å². The van der Waals surface area contributed by atoms with E-state index in [1.54, 1.807) is 11.3 Å². The average molecular weight is 226 g/mol. The Labute approximate surface area is 94.9 Å². The summed E-state index contributed by atoms with van der Waals surface area (Å²) in [5.41, 5.74) is 0.0560. The van der Waals surface area contributed by atoms with E-state index < -0.39 is 0 Å². The summed E-state index contributed by atoms with van der Waals surface area (Å²) >= 11 is 1.72. The molecule has 1 aliphatic carbocycles. The minimum Gasteiger partial charge on any atom is -0.377 e. The van der Waals surface area contributed by atoms with E-state index in [0.717, 1.165) is 6.42 Å². The third-order valence-corrected chi connectivity index (χ3v) is 4.25. The summed E-state index contributed by atoms with van der Waals surface area (Å²) in [4.78, 5) is 4.33. The van der Waals surface area contributed by atoms with Crippen molar-refractivity contribution in [2.24, 2.45) is 0 Å². The van der Waals surface area contributed by atoms with Gasteiger partial charge in [0.05, 0.1) is 10.6 Å². The minimum absolute atomic E-state index is 0.0560. The van der Waals surface area contributed by atoms with Gasteiger partial charge in [0, 0.05) is 31.1 Å². The normalized spacial score (nSPS) is 20.9. The molecule has 1 atom stereocenters. The van der Waals surface area contributed by atoms with Gasteiger partial charge in [-0.15, -0.1) is 11.3 Å². The number of nitrogens with one attached hydrogen (secondary N) is 1. The fourth-order valence-corrected chi connectivity index (χ4v) is 2.96. The lowest BCUT2D eigenvalue weighted by Crippen LogP contribution is -2.56. The standard InChI is InChI=1S/C11H18N2OS/c1-12-9(8-10-13-6-7-15-10)11(14-2)4-3-5-11/h6-7,9,12H,3-5,8H2,1-2H3. The van der Waals surface area contributed by atoms with Crippen LogP contribution in [0.4, 0.5) is 0 Å². The third-order valence-electron chi connectivity index (χ3n) is 3.45. The number of aromatic nitrogens is 1. The van der Waals surface area contributed by atoms with Crippen molar-refractivity contribution in [2.75, 3.05) is 14.2 Å². The van der Waals surface area contributed by atoms with Crippen LogP contribution < -0.4 is 5.32 Å². The molecule has 4 heteroatoms. The molecular weight excluding hydrogens is 208 g/mol. The van der Waals surface area contributed by atoms with Gasteiger partial charge in [-0.2, -0.15) is 0 Å². The number of ether oxygens (including phenoxy) is 1. The summed E-state index contributed by atoms with van der Waals surface area (Å²) in [5, 5.41) is 6.60. The fourth-order valence-electron chi connectivity index (χ4n) is 2.30. The second-order valence-electron chi connectivity index (χ2n) is 4.09. The van der Waals surface area contributed by atoms with Crippen molar-refractivity contribution in [1.82, 2.24) is 10.3 Å². The van der Waals surface area contributed by atoms with Crippen LogP contribution in [0.3, 0.4) is 0 Å². The highest BCUT2D eigenvalue weighted by Gasteiger charge is 2.43. The smallest absolute Gasteiger partial charge is 0.0941 e. The van der Waals surface area contributed by atoms with Crippen LogP contribution in [0.1, 0.15) is 24.3 Å². The molecule has 0 aliphatic heterocycles. The van der Waals surface area contributed by atoms with E-state index in [1.807, 2.05) is 25.7 Å². The number of hydrogen-bond acceptors (Lipinski definition) is 4. The average Bonchev–Trinajstić information content (AvgIpc) is 2.68. The zero-order valence-electron chi connectivity index (χ0n) is 9.32. The zero-order valence-corrected chi connectivity index (χ0v) is 10.1. The number of thiazole rings is 1. The topological polar surface area (TPSA) is 34.2 Å². The maximum atomic E-state index is 5.69. The summed E-state index contributed by atoms with van der Waals surface area (Å²) in [6, 6.07) is 0.391. The van der Waals surface area contributed by atoms with Gasteiger partial charge in [0.1, 0.15) is 0 Å². The molecule has 0 amide bonds. The highest BCUT2D eigenvalue weighted by Crippen LogP contribution is 2.39. The van der Waals surface area contributed by atoms with Crippen LogP contribution in [0, 0.1) is 0 Å². The van der Waals surface area contributed by atoms with E-state index >= 15 is 0 Å². The van der Waals surface area contributed by atoms with Crippen LogP contribution in [0.2, 0.25) is 0 Å². The molecule has 1 heterocycles. The summed E-state index contributed by atoms with van der Waals surface area (Å²) < 4.78 is 5.69. The Balaban J connectivity index is 2.03. The van der Waals surface area contributed by atoms with E-state index in [9.17, 15) is 0 Å². The Morgan fingerprint density at radius 3 is 2.87 bits per heavy atom. The largest absolute Gasteiger partial charge is 0.377 e. The predicted molar refractivity (Wildman–Crippen MR) is 62.3 cm³/mol. The molecule has 1 aromatic rings. The molecule has 1 N–H and O–H groups in total. The van der Waals surface area contributed by atoms with Gasteiger partial charge in [0.15, 0.2) is 0 Å². The van der Waals surface area contributed by atoms with Crippen LogP contribution in [-0.2, 0) is 11.2 Å². The van der Waals surface area contributed by atoms with Crippen molar-refractivity contribution in [3.8, 4) is 0 Å². The Hall–Kier alpha value is -0.450. The summed E-state index contributed by atoms with van der Waals surface area (Å²) in [6.07, 6.45) is 6.46. The Bertz CT molecular complexity index is 290. The van der Waals surface area contributed by atoms with E-state index in [2.05, 4.69) is 10.3 Å². The Morgan fingerprint density at radius 1 is 1.67 bits per heavy atom. The molecular formula is C11H18N2OS. The van der Waals surface area contributed by atoms with Gasteiger partial charge in [-0.1, -0.05) is 0 Å². The SMILES string of the molecule is CNC(Cc1nccs1)C1(OC)CCC1. The molecule has 0 radical (unpaired) electrons. The van der Waals surface area contributed by atoms with Crippen LogP contribution in [-0.4, -0.2) is 30.8 Å². The second-order valence-corrected chi connectivity index (χ2v) is 5.07. The fraction of sp³-hybridized carbons (Fsp3) is 0.727. The molecule has 1 unspecified atom stereocenters. The molecule has 84 valence electrons. The van der Waals surface area contributed by atoms with Crippen LogP contribution >= 0.6 is 11.3 Å². The maximum Gasteiger partial charge on any atom is 0.0941 e. The van der Waals surface area contributed by atoms with Crippen LogP contribution in [0.5, 0.6) is 0 Å². The number of likely N-dealkylation sites (N-methyl/N-ethyl adjacent to an activating group) is 1. The van der Waals surface area contributed by atoms with E-state index in [0.29, 0.717) is 6.04 Å². The number of rotatable bonds is 5. The first-order chi connectivity index (χ1) is 7.30. The number of nitrogens with zero attached hydrogens (tertiary/aromatic N) is 1. The Morgan fingerprint density at radius 2 is 2.47 bits per heavy atom. The van der Waals surface area contributed by atoms with Crippen molar-refractivity contribution in [3.05, 3.63) is 16.6 Å². The van der Waals surface area contributed by atoms with Crippen molar-refractivity contribution in [2.45, 2.75) is 37.3 Å². The van der Waals surface area contributed by atoms with Crippen LogP contribution in [0.15, 0.2) is 11.6 Å². The predicted octanol–water partition coefficient (Wildman–Crippen LogP) is 1.84. The molecule has 3 nitrogen and oxygen atoms in total.